The zero-order chi connectivity index (χ0) is 17.1. The minimum Gasteiger partial charge on any atom is -0.444 e. The fraction of sp³-hybridized carbons (Fsp3) is 0.812. The van der Waals surface area contributed by atoms with Gasteiger partial charge in [-0.25, -0.2) is 4.79 Å². The number of nitrogens with one attached hydrogen (secondary N) is 1. The number of nitrogens with zero attached hydrogens (tertiary/aromatic N) is 2. The highest BCUT2D eigenvalue weighted by atomic mass is 16.6. The van der Waals surface area contributed by atoms with Crippen LogP contribution in [-0.4, -0.2) is 38.6 Å². The van der Waals surface area contributed by atoms with Crippen LogP contribution in [0.25, 0.3) is 0 Å². The van der Waals surface area contributed by atoms with Gasteiger partial charge >= 0.3 is 6.09 Å². The number of carbonyl (C=O) groups excluding carboxylic acids is 1. The minimum atomic E-state index is -0.844. The Kier molecular flexibility index (Phi) is 5.29. The van der Waals surface area contributed by atoms with E-state index < -0.39 is 17.3 Å². The molecule has 1 aliphatic carbocycles. The fourth-order valence-corrected chi connectivity index (χ4v) is 2.74. The van der Waals surface area contributed by atoms with E-state index in [4.69, 9.17) is 9.26 Å². The molecule has 0 saturated heterocycles. The first kappa shape index (κ1) is 17.7. The molecule has 1 fully saturated rings. The van der Waals surface area contributed by atoms with Gasteiger partial charge in [-0.3, -0.25) is 0 Å². The zero-order valence-electron chi connectivity index (χ0n) is 14.4. The highest BCUT2D eigenvalue weighted by Crippen LogP contribution is 2.31. The molecule has 0 unspecified atom stereocenters. The highest BCUT2D eigenvalue weighted by molar-refractivity contribution is 5.68. The molecule has 0 aliphatic heterocycles. The third kappa shape index (κ3) is 5.49. The Balaban J connectivity index is 1.81. The van der Waals surface area contributed by atoms with Gasteiger partial charge in [0.15, 0.2) is 5.82 Å². The number of aryl methyl sites for hydroxylation is 1. The third-order valence-corrected chi connectivity index (χ3v) is 3.94. The van der Waals surface area contributed by atoms with E-state index in [2.05, 4.69) is 15.5 Å². The van der Waals surface area contributed by atoms with E-state index in [0.29, 0.717) is 50.2 Å². The van der Waals surface area contributed by atoms with Gasteiger partial charge in [-0.1, -0.05) is 12.1 Å². The van der Waals surface area contributed by atoms with Crippen molar-refractivity contribution in [2.45, 2.75) is 83.5 Å². The van der Waals surface area contributed by atoms with Gasteiger partial charge in [0.2, 0.25) is 5.89 Å². The van der Waals surface area contributed by atoms with Crippen LogP contribution in [0.4, 0.5) is 4.79 Å². The molecule has 2 N–H and O–H groups in total. The predicted molar refractivity (Wildman–Crippen MR) is 84.0 cm³/mol. The highest BCUT2D eigenvalue weighted by Gasteiger charge is 2.36. The smallest absolute Gasteiger partial charge is 0.407 e. The second-order valence-corrected chi connectivity index (χ2v) is 7.28. The normalized spacial score (nSPS) is 25.2. The van der Waals surface area contributed by atoms with Crippen molar-refractivity contribution in [3.8, 4) is 0 Å². The van der Waals surface area contributed by atoms with E-state index in [9.17, 15) is 9.90 Å². The standard InChI is InChI=1S/C16H27N3O4/c1-5-12-18-13(23-19-12)10-16(21)8-6-11(7-9-16)17-14(20)22-15(2,3)4/h11,21H,5-10H2,1-4H3,(H,17,20). The molecule has 2 rings (SSSR count). The number of alkyl carbamates (subject to hydrolysis) is 1. The minimum absolute atomic E-state index is 0.0269. The van der Waals surface area contributed by atoms with E-state index in [1.807, 2.05) is 27.7 Å². The van der Waals surface area contributed by atoms with Gasteiger partial charge in [-0.05, 0) is 46.5 Å². The summed E-state index contributed by atoms with van der Waals surface area (Å²) in [5.74, 6) is 1.13. The van der Waals surface area contributed by atoms with E-state index in [0.717, 1.165) is 0 Å². The Morgan fingerprint density at radius 3 is 2.61 bits per heavy atom. The second-order valence-electron chi connectivity index (χ2n) is 7.28. The van der Waals surface area contributed by atoms with Gasteiger partial charge in [0, 0.05) is 12.5 Å². The molecule has 1 saturated carbocycles. The molecule has 0 atom stereocenters. The lowest BCUT2D eigenvalue weighted by Crippen LogP contribution is -2.45. The van der Waals surface area contributed by atoms with Gasteiger partial charge in [-0.2, -0.15) is 4.98 Å². The molecule has 0 radical (unpaired) electrons. The number of rotatable bonds is 4. The van der Waals surface area contributed by atoms with Crippen molar-refractivity contribution < 1.29 is 19.2 Å². The van der Waals surface area contributed by atoms with Gasteiger partial charge in [0.25, 0.3) is 0 Å². The first-order valence-electron chi connectivity index (χ1n) is 8.22. The lowest BCUT2D eigenvalue weighted by atomic mass is 9.80. The van der Waals surface area contributed by atoms with E-state index in [-0.39, 0.29) is 6.04 Å². The van der Waals surface area contributed by atoms with Crippen molar-refractivity contribution in [3.05, 3.63) is 11.7 Å². The van der Waals surface area contributed by atoms with Gasteiger partial charge in [-0.15, -0.1) is 0 Å². The third-order valence-electron chi connectivity index (χ3n) is 3.94. The maximum atomic E-state index is 11.8. The number of ether oxygens (including phenoxy) is 1. The summed E-state index contributed by atoms with van der Waals surface area (Å²) in [7, 11) is 0. The molecule has 1 aromatic heterocycles. The number of aliphatic hydroxyl groups is 1. The van der Waals surface area contributed by atoms with E-state index >= 15 is 0 Å². The van der Waals surface area contributed by atoms with Crippen LogP contribution in [0.15, 0.2) is 4.52 Å². The summed E-state index contributed by atoms with van der Waals surface area (Å²) < 4.78 is 10.4. The summed E-state index contributed by atoms with van der Waals surface area (Å²) in [6.07, 6.45) is 3.23. The lowest BCUT2D eigenvalue weighted by Gasteiger charge is -2.35. The SMILES string of the molecule is CCc1noc(CC2(O)CCC(NC(=O)OC(C)(C)C)CC2)n1. The van der Waals surface area contributed by atoms with E-state index in [1.165, 1.54) is 0 Å². The molecule has 23 heavy (non-hydrogen) atoms. The number of amides is 1. The van der Waals surface area contributed by atoms with Crippen LogP contribution in [0.3, 0.4) is 0 Å². The Morgan fingerprint density at radius 1 is 1.43 bits per heavy atom. The quantitative estimate of drug-likeness (QED) is 0.882. The van der Waals surface area contributed by atoms with Gasteiger partial charge in [0.1, 0.15) is 5.60 Å². The molecule has 0 bridgehead atoms. The molecule has 0 spiro atoms. The number of hydrogen-bond acceptors (Lipinski definition) is 6. The first-order chi connectivity index (χ1) is 10.7. The Labute approximate surface area is 136 Å². The molecule has 1 aliphatic rings. The maximum Gasteiger partial charge on any atom is 0.407 e. The molecule has 1 aromatic rings. The summed E-state index contributed by atoms with van der Waals surface area (Å²) in [6, 6.07) is 0.0269. The van der Waals surface area contributed by atoms with Crippen LogP contribution in [0.5, 0.6) is 0 Å². The average Bonchev–Trinajstić information content (AvgIpc) is 2.87. The number of hydrogen-bond donors (Lipinski definition) is 2. The summed E-state index contributed by atoms with van der Waals surface area (Å²) >= 11 is 0. The second kappa shape index (κ2) is 6.86. The molecule has 1 amide bonds. The lowest BCUT2D eigenvalue weighted by molar-refractivity contribution is -0.0113. The Hall–Kier alpha value is -1.63. The summed E-state index contributed by atoms with van der Waals surface area (Å²) in [5, 5.41) is 17.4. The Morgan fingerprint density at radius 2 is 2.09 bits per heavy atom. The van der Waals surface area contributed by atoms with Crippen LogP contribution in [0, 0.1) is 0 Å². The van der Waals surface area contributed by atoms with Crippen LogP contribution in [-0.2, 0) is 17.6 Å². The van der Waals surface area contributed by atoms with Crippen molar-refractivity contribution in [2.75, 3.05) is 0 Å². The van der Waals surface area contributed by atoms with Crippen molar-refractivity contribution in [1.29, 1.82) is 0 Å². The number of carbonyl (C=O) groups is 1. The van der Waals surface area contributed by atoms with Crippen molar-refractivity contribution in [3.63, 3.8) is 0 Å². The van der Waals surface area contributed by atoms with Crippen LogP contribution in [0.1, 0.15) is 65.1 Å². The van der Waals surface area contributed by atoms with E-state index in [1.54, 1.807) is 0 Å². The van der Waals surface area contributed by atoms with Crippen LogP contribution in [0.2, 0.25) is 0 Å². The summed E-state index contributed by atoms with van der Waals surface area (Å²) in [5.41, 5.74) is -1.35. The molecule has 7 nitrogen and oxygen atoms in total. The molecular weight excluding hydrogens is 298 g/mol. The molecular formula is C16H27N3O4. The Bertz CT molecular complexity index is 528. The largest absolute Gasteiger partial charge is 0.444 e. The summed E-state index contributed by atoms with van der Waals surface area (Å²) in [4.78, 5) is 16.0. The van der Waals surface area contributed by atoms with Gasteiger partial charge < -0.3 is 19.7 Å². The van der Waals surface area contributed by atoms with Crippen molar-refractivity contribution in [1.82, 2.24) is 15.5 Å². The first-order valence-corrected chi connectivity index (χ1v) is 8.22. The zero-order valence-corrected chi connectivity index (χ0v) is 14.4. The molecule has 1 heterocycles. The molecule has 7 heteroatoms. The van der Waals surface area contributed by atoms with Gasteiger partial charge in [0.05, 0.1) is 12.0 Å². The van der Waals surface area contributed by atoms with Crippen molar-refractivity contribution >= 4 is 6.09 Å². The fourth-order valence-electron chi connectivity index (χ4n) is 2.74. The monoisotopic (exact) mass is 325 g/mol. The average molecular weight is 325 g/mol. The maximum absolute atomic E-state index is 11.8. The number of aromatic nitrogens is 2. The molecule has 0 aromatic carbocycles. The topological polar surface area (TPSA) is 97.5 Å². The predicted octanol–water partition coefficient (Wildman–Crippen LogP) is 2.37. The summed E-state index contributed by atoms with van der Waals surface area (Å²) in [6.45, 7) is 7.46. The van der Waals surface area contributed by atoms with Crippen LogP contribution >= 0.6 is 0 Å². The van der Waals surface area contributed by atoms with Crippen LogP contribution < -0.4 is 5.32 Å². The molecule has 130 valence electrons. The van der Waals surface area contributed by atoms with Crippen molar-refractivity contribution in [2.24, 2.45) is 0 Å².